The van der Waals surface area contributed by atoms with Crippen LogP contribution in [0.2, 0.25) is 0 Å². The maximum absolute atomic E-state index is 15.1. The minimum absolute atomic E-state index is 0.0799. The van der Waals surface area contributed by atoms with Crippen LogP contribution >= 0.6 is 0 Å². The van der Waals surface area contributed by atoms with Gasteiger partial charge in [-0.15, -0.1) is 13.2 Å². The maximum Gasteiger partial charge on any atom is 0.573 e. The van der Waals surface area contributed by atoms with E-state index < -0.39 is 6.36 Å². The number of benzene rings is 1. The summed E-state index contributed by atoms with van der Waals surface area (Å²) in [7, 11) is 1.68. The minimum atomic E-state index is -4.79. The summed E-state index contributed by atoms with van der Waals surface area (Å²) in [6.45, 7) is 2.27. The zero-order valence-electron chi connectivity index (χ0n) is 20.3. The Bertz CT molecular complexity index is 1250. The van der Waals surface area contributed by atoms with E-state index in [1.807, 2.05) is 6.07 Å². The van der Waals surface area contributed by atoms with Crippen molar-refractivity contribution in [1.29, 1.82) is 0 Å². The number of fused-ring (bicyclic) bond motifs is 1. The number of hydrogen-bond donors (Lipinski definition) is 2. The molecule has 2 N–H and O–H groups in total. The Morgan fingerprint density at radius 1 is 1.16 bits per heavy atom. The topological polar surface area (TPSA) is 79.5 Å². The number of ether oxygens (including phenoxy) is 2. The number of aromatic amines is 1. The van der Waals surface area contributed by atoms with Gasteiger partial charge in [-0.25, -0.2) is 9.37 Å². The van der Waals surface area contributed by atoms with Crippen LogP contribution in [0.25, 0.3) is 11.0 Å². The SMILES string of the molecule is COCC1CC(c2cc3c(C4CCN(C(=O)c5ccc(OC(F)(F)F)cc5)CC4)c(F)cnc3[nH]2)CN1. The molecule has 0 saturated carbocycles. The third kappa shape index (κ3) is 5.57. The molecule has 0 spiro atoms. The van der Waals surface area contributed by atoms with Crippen molar-refractivity contribution in [3.8, 4) is 5.75 Å². The average molecular weight is 521 g/mol. The second-order valence-electron chi connectivity index (χ2n) is 9.64. The number of carbonyl (C=O) groups is 1. The molecule has 2 atom stereocenters. The van der Waals surface area contributed by atoms with Crippen LogP contribution in [-0.4, -0.2) is 66.5 Å². The maximum atomic E-state index is 15.1. The average Bonchev–Trinajstić information content (AvgIpc) is 3.51. The number of likely N-dealkylation sites (tertiary alicyclic amines) is 1. The first-order valence-corrected chi connectivity index (χ1v) is 12.3. The van der Waals surface area contributed by atoms with Gasteiger partial charge in [0.15, 0.2) is 0 Å². The van der Waals surface area contributed by atoms with Gasteiger partial charge in [-0.3, -0.25) is 4.79 Å². The van der Waals surface area contributed by atoms with Crippen LogP contribution in [0.5, 0.6) is 5.75 Å². The summed E-state index contributed by atoms with van der Waals surface area (Å²) in [5.74, 6) is -0.833. The highest BCUT2D eigenvalue weighted by atomic mass is 19.4. The molecule has 2 aromatic heterocycles. The molecule has 1 amide bonds. The number of halogens is 4. The molecule has 0 aliphatic carbocycles. The van der Waals surface area contributed by atoms with Gasteiger partial charge in [0.05, 0.1) is 12.8 Å². The van der Waals surface area contributed by atoms with Crippen LogP contribution in [0.3, 0.4) is 0 Å². The molecule has 2 aliphatic rings. The van der Waals surface area contributed by atoms with Gasteiger partial charge in [0.1, 0.15) is 17.2 Å². The molecule has 2 fully saturated rings. The van der Waals surface area contributed by atoms with E-state index in [9.17, 15) is 18.0 Å². The van der Waals surface area contributed by atoms with Crippen LogP contribution < -0.4 is 10.1 Å². The second kappa shape index (κ2) is 10.3. The first-order valence-electron chi connectivity index (χ1n) is 12.3. The van der Waals surface area contributed by atoms with E-state index in [1.165, 1.54) is 18.3 Å². The fraction of sp³-hybridized carbons (Fsp3) is 0.462. The predicted octanol–water partition coefficient (Wildman–Crippen LogP) is 4.71. The van der Waals surface area contributed by atoms with Gasteiger partial charge in [-0.05, 0) is 55.5 Å². The Morgan fingerprint density at radius 2 is 1.89 bits per heavy atom. The van der Waals surface area contributed by atoms with Crippen molar-refractivity contribution in [2.24, 2.45) is 0 Å². The first-order chi connectivity index (χ1) is 17.7. The minimum Gasteiger partial charge on any atom is -0.406 e. The van der Waals surface area contributed by atoms with E-state index in [0.717, 1.165) is 36.2 Å². The number of nitrogens with one attached hydrogen (secondary N) is 2. The standard InChI is InChI=1S/C26H28F4N4O3/c1-36-14-18-10-17(12-31-18)22-11-20-23(21(27)13-32-24(20)33-22)15-6-8-34(9-7-15)25(35)16-2-4-19(5-3-16)37-26(28,29)30/h2-5,11,13,15,17-18,31H,6-10,12,14H2,1H3,(H,32,33). The number of alkyl halides is 3. The van der Waals surface area contributed by atoms with Crippen LogP contribution in [0, 0.1) is 5.82 Å². The summed E-state index contributed by atoms with van der Waals surface area (Å²) in [5.41, 5.74) is 2.57. The summed E-state index contributed by atoms with van der Waals surface area (Å²) in [4.78, 5) is 22.2. The Morgan fingerprint density at radius 3 is 2.57 bits per heavy atom. The fourth-order valence-corrected chi connectivity index (χ4v) is 5.46. The Kier molecular flexibility index (Phi) is 7.09. The predicted molar refractivity (Wildman–Crippen MR) is 128 cm³/mol. The van der Waals surface area contributed by atoms with Gasteiger partial charge in [-0.2, -0.15) is 0 Å². The van der Waals surface area contributed by atoms with E-state index in [2.05, 4.69) is 20.0 Å². The molecule has 2 unspecified atom stereocenters. The van der Waals surface area contributed by atoms with E-state index in [0.29, 0.717) is 43.7 Å². The third-order valence-corrected chi connectivity index (χ3v) is 7.23. The summed E-state index contributed by atoms with van der Waals surface area (Å²) >= 11 is 0. The normalized spacial score (nSPS) is 21.1. The van der Waals surface area contributed by atoms with E-state index in [1.54, 1.807) is 12.0 Å². The van der Waals surface area contributed by atoms with Crippen LogP contribution in [0.1, 0.15) is 52.7 Å². The van der Waals surface area contributed by atoms with Crippen molar-refractivity contribution in [2.75, 3.05) is 33.4 Å². The Labute approximate surface area is 211 Å². The molecule has 4 heterocycles. The summed E-state index contributed by atoms with van der Waals surface area (Å²) < 4.78 is 61.3. The van der Waals surface area contributed by atoms with Gasteiger partial charge >= 0.3 is 6.36 Å². The molecule has 2 aliphatic heterocycles. The Hall–Kier alpha value is -3.18. The second-order valence-corrected chi connectivity index (χ2v) is 9.64. The van der Waals surface area contributed by atoms with E-state index >= 15 is 4.39 Å². The highest BCUT2D eigenvalue weighted by Crippen LogP contribution is 2.37. The van der Waals surface area contributed by atoms with Crippen molar-refractivity contribution in [3.05, 3.63) is 59.2 Å². The number of pyridine rings is 1. The van der Waals surface area contributed by atoms with E-state index in [4.69, 9.17) is 4.74 Å². The number of hydrogen-bond acceptors (Lipinski definition) is 5. The lowest BCUT2D eigenvalue weighted by molar-refractivity contribution is -0.274. The molecule has 0 radical (unpaired) electrons. The third-order valence-electron chi connectivity index (χ3n) is 7.23. The molecule has 0 bridgehead atoms. The first kappa shape index (κ1) is 25.5. The molecule has 2 saturated heterocycles. The van der Waals surface area contributed by atoms with Crippen LogP contribution in [0.15, 0.2) is 36.5 Å². The zero-order valence-corrected chi connectivity index (χ0v) is 20.3. The summed E-state index contributed by atoms with van der Waals surface area (Å²) in [6.07, 6.45) is -1.48. The van der Waals surface area contributed by atoms with Crippen LogP contribution in [-0.2, 0) is 4.74 Å². The van der Waals surface area contributed by atoms with Crippen molar-refractivity contribution in [1.82, 2.24) is 20.2 Å². The van der Waals surface area contributed by atoms with Gasteiger partial charge in [0.2, 0.25) is 0 Å². The smallest absolute Gasteiger partial charge is 0.406 e. The highest BCUT2D eigenvalue weighted by Gasteiger charge is 2.32. The molecular weight excluding hydrogens is 492 g/mol. The number of piperidine rings is 1. The Balaban J connectivity index is 1.27. The molecule has 5 rings (SSSR count). The number of rotatable bonds is 6. The lowest BCUT2D eigenvalue weighted by atomic mass is 9.87. The highest BCUT2D eigenvalue weighted by molar-refractivity contribution is 5.94. The molecule has 7 nitrogen and oxygen atoms in total. The van der Waals surface area contributed by atoms with E-state index in [-0.39, 0.29) is 40.9 Å². The summed E-state index contributed by atoms with van der Waals surface area (Å²) in [5, 5.41) is 4.22. The van der Waals surface area contributed by atoms with Crippen molar-refractivity contribution in [2.45, 2.75) is 43.5 Å². The monoisotopic (exact) mass is 520 g/mol. The number of amides is 1. The number of nitrogens with zero attached hydrogens (tertiary/aromatic N) is 2. The molecule has 11 heteroatoms. The van der Waals surface area contributed by atoms with Crippen LogP contribution in [0.4, 0.5) is 17.6 Å². The number of H-pyrrole nitrogens is 1. The lowest BCUT2D eigenvalue weighted by Gasteiger charge is -2.32. The number of aromatic nitrogens is 2. The van der Waals surface area contributed by atoms with Gasteiger partial charge in [0, 0.05) is 60.9 Å². The quantitative estimate of drug-likeness (QED) is 0.461. The van der Waals surface area contributed by atoms with Gasteiger partial charge in [-0.1, -0.05) is 0 Å². The van der Waals surface area contributed by atoms with Crippen molar-refractivity contribution in [3.63, 3.8) is 0 Å². The largest absolute Gasteiger partial charge is 0.573 e. The fourth-order valence-electron chi connectivity index (χ4n) is 5.46. The molecular formula is C26H28F4N4O3. The lowest BCUT2D eigenvalue weighted by Crippen LogP contribution is -2.38. The molecule has 3 aromatic rings. The molecule has 198 valence electrons. The number of carbonyl (C=O) groups excluding carboxylic acids is 1. The van der Waals surface area contributed by atoms with Gasteiger partial charge in [0.25, 0.3) is 5.91 Å². The van der Waals surface area contributed by atoms with Crippen molar-refractivity contribution >= 4 is 16.9 Å². The molecule has 37 heavy (non-hydrogen) atoms. The number of methoxy groups -OCH3 is 1. The van der Waals surface area contributed by atoms with Crippen molar-refractivity contribution < 1.29 is 31.8 Å². The molecule has 1 aromatic carbocycles. The summed E-state index contributed by atoms with van der Waals surface area (Å²) in [6, 6.07) is 7.16. The van der Waals surface area contributed by atoms with Gasteiger partial charge < -0.3 is 24.7 Å². The zero-order chi connectivity index (χ0) is 26.2.